The summed E-state index contributed by atoms with van der Waals surface area (Å²) >= 11 is 0. The lowest BCUT2D eigenvalue weighted by Gasteiger charge is -2.28. The molecule has 28 heavy (non-hydrogen) atoms. The summed E-state index contributed by atoms with van der Waals surface area (Å²) in [6.45, 7) is 2.26. The van der Waals surface area contributed by atoms with Gasteiger partial charge in [-0.15, -0.1) is 0 Å². The molecule has 1 aromatic carbocycles. The standard InChI is InChI=1S/C19H21N5O4/c1-5-28-13-8-10(6-7-12(13)27-4)14-11(9-20)16(21)22-17-15(14)18(25)24(3)19(26)23(17)2/h6-8,14,22H,5,21H2,1-4H3/t14-/m1/s1. The van der Waals surface area contributed by atoms with Gasteiger partial charge in [-0.2, -0.15) is 5.26 Å². The number of anilines is 1. The number of allylic oxidation sites excluding steroid dienone is 1. The van der Waals surface area contributed by atoms with Crippen molar-refractivity contribution >= 4 is 5.82 Å². The van der Waals surface area contributed by atoms with Crippen LogP contribution >= 0.6 is 0 Å². The largest absolute Gasteiger partial charge is 0.493 e. The van der Waals surface area contributed by atoms with E-state index in [9.17, 15) is 14.9 Å². The Labute approximate surface area is 161 Å². The fourth-order valence-corrected chi connectivity index (χ4v) is 3.38. The van der Waals surface area contributed by atoms with Crippen molar-refractivity contribution in [3.8, 4) is 17.6 Å². The van der Waals surface area contributed by atoms with Crippen molar-refractivity contribution in [1.82, 2.24) is 9.13 Å². The molecule has 9 nitrogen and oxygen atoms in total. The van der Waals surface area contributed by atoms with Crippen LogP contribution in [0.5, 0.6) is 11.5 Å². The van der Waals surface area contributed by atoms with Crippen LogP contribution in [0.4, 0.5) is 5.82 Å². The van der Waals surface area contributed by atoms with Crippen molar-refractivity contribution in [1.29, 1.82) is 5.26 Å². The molecule has 1 aliphatic heterocycles. The lowest BCUT2D eigenvalue weighted by atomic mass is 9.83. The van der Waals surface area contributed by atoms with E-state index in [1.165, 1.54) is 25.8 Å². The molecule has 2 aromatic rings. The molecule has 0 saturated carbocycles. The van der Waals surface area contributed by atoms with Gasteiger partial charge in [-0.1, -0.05) is 6.07 Å². The SMILES string of the molecule is CCOc1cc([C@@H]2C(C#N)=C(N)Nc3c2c(=O)n(C)c(=O)n3C)ccc1OC. The van der Waals surface area contributed by atoms with Gasteiger partial charge in [-0.3, -0.25) is 13.9 Å². The first-order valence-electron chi connectivity index (χ1n) is 8.63. The third kappa shape index (κ3) is 2.79. The number of hydrogen-bond acceptors (Lipinski definition) is 7. The van der Waals surface area contributed by atoms with Gasteiger partial charge in [0.15, 0.2) is 11.5 Å². The molecule has 1 atom stereocenters. The maximum atomic E-state index is 13.0. The topological polar surface area (TPSA) is 124 Å². The summed E-state index contributed by atoms with van der Waals surface area (Å²) in [6.07, 6.45) is 0. The summed E-state index contributed by atoms with van der Waals surface area (Å²) in [5.41, 5.74) is 6.15. The molecule has 3 N–H and O–H groups in total. The van der Waals surface area contributed by atoms with Crippen molar-refractivity contribution in [2.24, 2.45) is 19.8 Å². The van der Waals surface area contributed by atoms with Crippen molar-refractivity contribution < 1.29 is 9.47 Å². The van der Waals surface area contributed by atoms with Gasteiger partial charge in [0, 0.05) is 14.1 Å². The molecule has 0 radical (unpaired) electrons. The van der Waals surface area contributed by atoms with Crippen molar-refractivity contribution in [3.63, 3.8) is 0 Å². The first-order valence-corrected chi connectivity index (χ1v) is 8.63. The molecule has 0 aliphatic carbocycles. The molecule has 0 saturated heterocycles. The second kappa shape index (κ2) is 7.15. The fourth-order valence-electron chi connectivity index (χ4n) is 3.38. The highest BCUT2D eigenvalue weighted by molar-refractivity contribution is 5.65. The molecule has 0 bridgehead atoms. The van der Waals surface area contributed by atoms with E-state index in [0.29, 0.717) is 23.7 Å². The molecule has 146 valence electrons. The van der Waals surface area contributed by atoms with E-state index in [-0.39, 0.29) is 22.8 Å². The minimum absolute atomic E-state index is 0.0945. The van der Waals surface area contributed by atoms with Crippen LogP contribution in [0.25, 0.3) is 0 Å². The number of hydrogen-bond donors (Lipinski definition) is 2. The number of nitriles is 1. The lowest BCUT2D eigenvalue weighted by Crippen LogP contribution is -2.43. The number of nitrogens with one attached hydrogen (secondary N) is 1. The zero-order valence-electron chi connectivity index (χ0n) is 16.1. The van der Waals surface area contributed by atoms with Crippen LogP contribution in [0.1, 0.15) is 24.0 Å². The van der Waals surface area contributed by atoms with Crippen LogP contribution in [-0.4, -0.2) is 22.9 Å². The Morgan fingerprint density at radius 1 is 1.25 bits per heavy atom. The zero-order valence-corrected chi connectivity index (χ0v) is 16.1. The summed E-state index contributed by atoms with van der Waals surface area (Å²) < 4.78 is 13.3. The highest BCUT2D eigenvalue weighted by Gasteiger charge is 2.34. The predicted molar refractivity (Wildman–Crippen MR) is 103 cm³/mol. The number of nitrogens with two attached hydrogens (primary N) is 1. The van der Waals surface area contributed by atoms with Crippen LogP contribution in [-0.2, 0) is 14.1 Å². The molecule has 0 unspecified atom stereocenters. The van der Waals surface area contributed by atoms with Crippen LogP contribution in [0.2, 0.25) is 0 Å². The van der Waals surface area contributed by atoms with E-state index in [4.69, 9.17) is 15.2 Å². The van der Waals surface area contributed by atoms with Gasteiger partial charge < -0.3 is 20.5 Å². The van der Waals surface area contributed by atoms with E-state index in [1.54, 1.807) is 18.2 Å². The van der Waals surface area contributed by atoms with Gasteiger partial charge in [0.2, 0.25) is 0 Å². The quantitative estimate of drug-likeness (QED) is 0.798. The van der Waals surface area contributed by atoms with Crippen molar-refractivity contribution in [2.75, 3.05) is 19.0 Å². The Morgan fingerprint density at radius 2 is 1.96 bits per heavy atom. The smallest absolute Gasteiger partial charge is 0.332 e. The molecule has 3 rings (SSSR count). The van der Waals surface area contributed by atoms with E-state index < -0.39 is 17.2 Å². The number of nitrogens with zero attached hydrogens (tertiary/aromatic N) is 3. The molecular formula is C19H21N5O4. The number of ether oxygens (including phenoxy) is 2. The molecule has 0 fully saturated rings. The van der Waals surface area contributed by atoms with Gasteiger partial charge in [0.1, 0.15) is 11.6 Å². The van der Waals surface area contributed by atoms with Crippen LogP contribution < -0.4 is 31.8 Å². The maximum Gasteiger partial charge on any atom is 0.332 e. The van der Waals surface area contributed by atoms with Crippen LogP contribution in [0, 0.1) is 11.3 Å². The van der Waals surface area contributed by atoms with E-state index in [0.717, 1.165) is 4.57 Å². The third-order valence-corrected chi connectivity index (χ3v) is 4.76. The molecule has 0 amide bonds. The molecule has 1 aliphatic rings. The molecule has 2 heterocycles. The van der Waals surface area contributed by atoms with Gasteiger partial charge in [-0.05, 0) is 24.6 Å². The average molecular weight is 383 g/mol. The average Bonchev–Trinajstić information content (AvgIpc) is 2.70. The molecular weight excluding hydrogens is 362 g/mol. The first kappa shape index (κ1) is 19.1. The third-order valence-electron chi connectivity index (χ3n) is 4.76. The fraction of sp³-hybridized carbons (Fsp3) is 0.316. The second-order valence-corrected chi connectivity index (χ2v) is 6.31. The predicted octanol–water partition coefficient (Wildman–Crippen LogP) is 0.743. The lowest BCUT2D eigenvalue weighted by molar-refractivity contribution is 0.310. The van der Waals surface area contributed by atoms with E-state index in [1.807, 2.05) is 6.92 Å². The summed E-state index contributed by atoms with van der Waals surface area (Å²) in [7, 11) is 4.46. The Bertz CT molecular complexity index is 1140. The Kier molecular flexibility index (Phi) is 4.88. The Balaban J connectivity index is 2.35. The first-order chi connectivity index (χ1) is 13.3. The monoisotopic (exact) mass is 383 g/mol. The number of rotatable bonds is 4. The van der Waals surface area contributed by atoms with Gasteiger partial charge in [-0.25, -0.2) is 4.79 Å². The van der Waals surface area contributed by atoms with E-state index in [2.05, 4.69) is 11.4 Å². The van der Waals surface area contributed by atoms with Crippen molar-refractivity contribution in [2.45, 2.75) is 12.8 Å². The Hall–Kier alpha value is -3.67. The molecule has 1 aromatic heterocycles. The summed E-state index contributed by atoms with van der Waals surface area (Å²) in [6, 6.07) is 7.26. The summed E-state index contributed by atoms with van der Waals surface area (Å²) in [5, 5.41) is 12.5. The minimum Gasteiger partial charge on any atom is -0.493 e. The summed E-state index contributed by atoms with van der Waals surface area (Å²) in [5.74, 6) is 0.626. The zero-order chi connectivity index (χ0) is 20.6. The Morgan fingerprint density at radius 3 is 2.57 bits per heavy atom. The van der Waals surface area contributed by atoms with E-state index >= 15 is 0 Å². The molecule has 0 spiro atoms. The van der Waals surface area contributed by atoms with Crippen molar-refractivity contribution in [3.05, 3.63) is 61.6 Å². The maximum absolute atomic E-state index is 13.0. The summed E-state index contributed by atoms with van der Waals surface area (Å²) in [4.78, 5) is 25.3. The highest BCUT2D eigenvalue weighted by atomic mass is 16.5. The van der Waals surface area contributed by atoms with Crippen LogP contribution in [0.15, 0.2) is 39.2 Å². The van der Waals surface area contributed by atoms with Gasteiger partial charge in [0.25, 0.3) is 5.56 Å². The number of methoxy groups -OCH3 is 1. The second-order valence-electron chi connectivity index (χ2n) is 6.31. The number of aromatic nitrogens is 2. The minimum atomic E-state index is -0.753. The van der Waals surface area contributed by atoms with Gasteiger partial charge in [0.05, 0.1) is 36.8 Å². The highest BCUT2D eigenvalue weighted by Crippen LogP contribution is 2.40. The number of fused-ring (bicyclic) bond motifs is 1. The molecule has 9 heteroatoms. The van der Waals surface area contributed by atoms with Crippen LogP contribution in [0.3, 0.4) is 0 Å². The van der Waals surface area contributed by atoms with Gasteiger partial charge >= 0.3 is 5.69 Å². The number of benzene rings is 1. The normalized spacial score (nSPS) is 15.5.